The molecule has 1 aliphatic heterocycles. The molecule has 2 N–H and O–H groups in total. The van der Waals surface area contributed by atoms with Crippen molar-refractivity contribution in [2.24, 2.45) is 11.8 Å². The van der Waals surface area contributed by atoms with Gasteiger partial charge in [0.05, 0.1) is 0 Å². The molecule has 0 spiro atoms. The van der Waals surface area contributed by atoms with Crippen LogP contribution in [-0.4, -0.2) is 50.1 Å². The van der Waals surface area contributed by atoms with Gasteiger partial charge in [-0.15, -0.1) is 0 Å². The summed E-state index contributed by atoms with van der Waals surface area (Å²) in [5.74, 6) is 0.947. The SMILES string of the molecule is CC(C)CCNC(=O)C(C)CN1CCNCC1. The van der Waals surface area contributed by atoms with Crippen molar-refractivity contribution in [3.05, 3.63) is 0 Å². The predicted octanol–water partition coefficient (Wildman–Crippen LogP) is 0.690. The molecular weight excluding hydrogens is 214 g/mol. The zero-order valence-electron chi connectivity index (χ0n) is 11.5. The van der Waals surface area contributed by atoms with E-state index < -0.39 is 0 Å². The second-order valence-electron chi connectivity index (χ2n) is 5.43. The number of amides is 1. The minimum atomic E-state index is 0.0975. The number of nitrogens with zero attached hydrogens (tertiary/aromatic N) is 1. The minimum Gasteiger partial charge on any atom is -0.356 e. The first-order valence-electron chi connectivity index (χ1n) is 6.80. The van der Waals surface area contributed by atoms with Crippen LogP contribution in [0.2, 0.25) is 0 Å². The van der Waals surface area contributed by atoms with Gasteiger partial charge in [-0.25, -0.2) is 0 Å². The van der Waals surface area contributed by atoms with Crippen LogP contribution >= 0.6 is 0 Å². The Morgan fingerprint density at radius 1 is 1.29 bits per heavy atom. The molecule has 1 amide bonds. The highest BCUT2D eigenvalue weighted by molar-refractivity contribution is 5.78. The average Bonchev–Trinajstić information content (AvgIpc) is 2.29. The van der Waals surface area contributed by atoms with Crippen molar-refractivity contribution in [1.82, 2.24) is 15.5 Å². The lowest BCUT2D eigenvalue weighted by molar-refractivity contribution is -0.125. The van der Waals surface area contributed by atoms with Crippen molar-refractivity contribution < 1.29 is 4.79 Å². The van der Waals surface area contributed by atoms with Crippen LogP contribution in [0.25, 0.3) is 0 Å². The minimum absolute atomic E-state index is 0.0975. The normalized spacial score (nSPS) is 19.3. The third-order valence-electron chi connectivity index (χ3n) is 3.21. The Morgan fingerprint density at radius 2 is 1.94 bits per heavy atom. The number of rotatable bonds is 6. The zero-order valence-corrected chi connectivity index (χ0v) is 11.5. The van der Waals surface area contributed by atoms with Crippen LogP contribution in [0.1, 0.15) is 27.2 Å². The molecule has 4 nitrogen and oxygen atoms in total. The van der Waals surface area contributed by atoms with Crippen LogP contribution < -0.4 is 10.6 Å². The summed E-state index contributed by atoms with van der Waals surface area (Å²) in [4.78, 5) is 14.2. The molecule has 1 unspecified atom stereocenters. The summed E-state index contributed by atoms with van der Waals surface area (Å²) in [7, 11) is 0. The van der Waals surface area contributed by atoms with Crippen molar-refractivity contribution in [3.63, 3.8) is 0 Å². The zero-order chi connectivity index (χ0) is 12.7. The van der Waals surface area contributed by atoms with Gasteiger partial charge in [0.25, 0.3) is 0 Å². The van der Waals surface area contributed by atoms with Crippen LogP contribution in [0.3, 0.4) is 0 Å². The molecule has 1 aliphatic rings. The van der Waals surface area contributed by atoms with E-state index in [1.165, 1.54) is 0 Å². The molecule has 4 heteroatoms. The third kappa shape index (κ3) is 6.03. The summed E-state index contributed by atoms with van der Waals surface area (Å²) in [6.07, 6.45) is 1.06. The highest BCUT2D eigenvalue weighted by Gasteiger charge is 2.18. The van der Waals surface area contributed by atoms with Crippen molar-refractivity contribution in [2.45, 2.75) is 27.2 Å². The van der Waals surface area contributed by atoms with E-state index in [0.29, 0.717) is 5.92 Å². The molecule has 1 rings (SSSR count). The molecule has 100 valence electrons. The molecule has 0 aromatic rings. The Morgan fingerprint density at radius 3 is 2.53 bits per heavy atom. The molecule has 1 fully saturated rings. The molecule has 0 aromatic heterocycles. The van der Waals surface area contributed by atoms with Gasteiger partial charge < -0.3 is 15.5 Å². The van der Waals surface area contributed by atoms with E-state index in [9.17, 15) is 4.79 Å². The second-order valence-corrected chi connectivity index (χ2v) is 5.43. The Hall–Kier alpha value is -0.610. The van der Waals surface area contributed by atoms with Crippen LogP contribution in [-0.2, 0) is 4.79 Å². The lowest BCUT2D eigenvalue weighted by Crippen LogP contribution is -2.47. The van der Waals surface area contributed by atoms with E-state index in [-0.39, 0.29) is 11.8 Å². The average molecular weight is 241 g/mol. The highest BCUT2D eigenvalue weighted by Crippen LogP contribution is 2.02. The van der Waals surface area contributed by atoms with Gasteiger partial charge in [-0.2, -0.15) is 0 Å². The van der Waals surface area contributed by atoms with Crippen LogP contribution in [0, 0.1) is 11.8 Å². The molecule has 1 atom stereocenters. The quantitative estimate of drug-likeness (QED) is 0.719. The standard InChI is InChI=1S/C13H27N3O/c1-11(2)4-5-15-13(17)12(3)10-16-8-6-14-7-9-16/h11-12,14H,4-10H2,1-3H3,(H,15,17). The number of carbonyl (C=O) groups is 1. The Balaban J connectivity index is 2.16. The van der Waals surface area contributed by atoms with Crippen molar-refractivity contribution >= 4 is 5.91 Å². The van der Waals surface area contributed by atoms with E-state index >= 15 is 0 Å². The van der Waals surface area contributed by atoms with Gasteiger partial charge in [-0.3, -0.25) is 4.79 Å². The largest absolute Gasteiger partial charge is 0.356 e. The maximum Gasteiger partial charge on any atom is 0.224 e. The lowest BCUT2D eigenvalue weighted by atomic mass is 10.1. The molecule has 1 saturated heterocycles. The summed E-state index contributed by atoms with van der Waals surface area (Å²) in [5, 5.41) is 6.34. The fourth-order valence-electron chi connectivity index (χ4n) is 2.02. The van der Waals surface area contributed by atoms with Gasteiger partial charge in [0.1, 0.15) is 0 Å². The first-order chi connectivity index (χ1) is 8.09. The molecule has 1 heterocycles. The molecule has 0 saturated carbocycles. The van der Waals surface area contributed by atoms with E-state index in [0.717, 1.165) is 45.7 Å². The first-order valence-corrected chi connectivity index (χ1v) is 6.80. The predicted molar refractivity (Wildman–Crippen MR) is 70.9 cm³/mol. The maximum atomic E-state index is 11.8. The number of piperazine rings is 1. The summed E-state index contributed by atoms with van der Waals surface area (Å²) in [5.41, 5.74) is 0. The summed E-state index contributed by atoms with van der Waals surface area (Å²) in [6, 6.07) is 0. The van der Waals surface area contributed by atoms with Gasteiger partial charge in [0, 0.05) is 45.2 Å². The molecular formula is C13H27N3O. The van der Waals surface area contributed by atoms with Gasteiger partial charge >= 0.3 is 0 Å². The topological polar surface area (TPSA) is 44.4 Å². The number of nitrogens with one attached hydrogen (secondary N) is 2. The maximum absolute atomic E-state index is 11.8. The fraction of sp³-hybridized carbons (Fsp3) is 0.923. The van der Waals surface area contributed by atoms with Crippen molar-refractivity contribution in [1.29, 1.82) is 0 Å². The Kier molecular flexibility index (Phi) is 6.52. The van der Waals surface area contributed by atoms with Crippen LogP contribution in [0.15, 0.2) is 0 Å². The van der Waals surface area contributed by atoms with E-state index in [2.05, 4.69) is 29.4 Å². The smallest absolute Gasteiger partial charge is 0.224 e. The van der Waals surface area contributed by atoms with Gasteiger partial charge in [0.2, 0.25) is 5.91 Å². The molecule has 0 aliphatic carbocycles. The van der Waals surface area contributed by atoms with E-state index in [1.807, 2.05) is 6.92 Å². The summed E-state index contributed by atoms with van der Waals surface area (Å²) in [6.45, 7) is 12.3. The van der Waals surface area contributed by atoms with Gasteiger partial charge in [0.15, 0.2) is 0 Å². The lowest BCUT2D eigenvalue weighted by Gasteiger charge is -2.29. The molecule has 17 heavy (non-hydrogen) atoms. The summed E-state index contributed by atoms with van der Waals surface area (Å²) < 4.78 is 0. The number of hydrogen-bond donors (Lipinski definition) is 2. The molecule has 0 aromatic carbocycles. The van der Waals surface area contributed by atoms with Crippen LogP contribution in [0.5, 0.6) is 0 Å². The summed E-state index contributed by atoms with van der Waals surface area (Å²) >= 11 is 0. The second kappa shape index (κ2) is 7.67. The van der Waals surface area contributed by atoms with Gasteiger partial charge in [-0.05, 0) is 12.3 Å². The Labute approximate surface area is 105 Å². The fourth-order valence-corrected chi connectivity index (χ4v) is 2.02. The molecule has 0 bridgehead atoms. The Bertz CT molecular complexity index is 225. The molecule has 0 radical (unpaired) electrons. The van der Waals surface area contributed by atoms with Crippen molar-refractivity contribution in [2.75, 3.05) is 39.3 Å². The van der Waals surface area contributed by atoms with E-state index in [1.54, 1.807) is 0 Å². The van der Waals surface area contributed by atoms with Crippen molar-refractivity contribution in [3.8, 4) is 0 Å². The third-order valence-corrected chi connectivity index (χ3v) is 3.21. The first kappa shape index (κ1) is 14.5. The van der Waals surface area contributed by atoms with E-state index in [4.69, 9.17) is 0 Å². The number of hydrogen-bond acceptors (Lipinski definition) is 3. The highest BCUT2D eigenvalue weighted by atomic mass is 16.1. The van der Waals surface area contributed by atoms with Crippen LogP contribution in [0.4, 0.5) is 0 Å². The van der Waals surface area contributed by atoms with Gasteiger partial charge in [-0.1, -0.05) is 20.8 Å². The monoisotopic (exact) mass is 241 g/mol. The number of carbonyl (C=O) groups excluding carboxylic acids is 1.